The van der Waals surface area contributed by atoms with Gasteiger partial charge in [0.05, 0.1) is 0 Å². The Labute approximate surface area is 180 Å². The van der Waals surface area contributed by atoms with Crippen LogP contribution >= 0.6 is 22.6 Å². The molecule has 29 heavy (non-hydrogen) atoms. The number of ether oxygens (including phenoxy) is 1. The van der Waals surface area contributed by atoms with Crippen LogP contribution in [0.2, 0.25) is 0 Å². The topological polar surface area (TPSA) is 96.5 Å². The van der Waals surface area contributed by atoms with E-state index < -0.39 is 42.3 Å². The van der Waals surface area contributed by atoms with Crippen molar-refractivity contribution in [1.29, 1.82) is 0 Å². The Hall–Kier alpha value is -2.05. The molecule has 3 amide bonds. The standard InChI is InChI=1S/C18H23F3IN3O4/c1-17(2,3)29-16(28)25-13(10-11-4-6-12(22)7-5-11)14(26)23-8-9-24-15(27)18(19,20)21/h4-7,13H,8-10H2,1-3H3,(H,23,26)(H,24,27)(H,25,28)/t13-/m0/s1. The van der Waals surface area contributed by atoms with Gasteiger partial charge in [0.25, 0.3) is 0 Å². The maximum atomic E-state index is 12.4. The van der Waals surface area contributed by atoms with Crippen LogP contribution in [0, 0.1) is 3.57 Å². The van der Waals surface area contributed by atoms with E-state index in [4.69, 9.17) is 4.74 Å². The van der Waals surface area contributed by atoms with E-state index in [0.717, 1.165) is 9.13 Å². The molecular formula is C18H23F3IN3O4. The minimum atomic E-state index is -4.99. The lowest BCUT2D eigenvalue weighted by molar-refractivity contribution is -0.173. The van der Waals surface area contributed by atoms with E-state index in [0.29, 0.717) is 0 Å². The highest BCUT2D eigenvalue weighted by molar-refractivity contribution is 14.1. The first-order valence-corrected chi connectivity index (χ1v) is 9.72. The highest BCUT2D eigenvalue weighted by atomic mass is 127. The Morgan fingerprint density at radius 1 is 1.03 bits per heavy atom. The fourth-order valence-corrected chi connectivity index (χ4v) is 2.46. The molecule has 1 aromatic carbocycles. The average Bonchev–Trinajstić information content (AvgIpc) is 2.57. The van der Waals surface area contributed by atoms with E-state index >= 15 is 0 Å². The molecule has 0 spiro atoms. The fraction of sp³-hybridized carbons (Fsp3) is 0.500. The number of alkyl halides is 3. The van der Waals surface area contributed by atoms with Crippen molar-refractivity contribution in [2.45, 2.75) is 45.0 Å². The molecule has 1 rings (SSSR count). The molecule has 7 nitrogen and oxygen atoms in total. The lowest BCUT2D eigenvalue weighted by atomic mass is 10.1. The van der Waals surface area contributed by atoms with Crippen LogP contribution in [0.15, 0.2) is 24.3 Å². The van der Waals surface area contributed by atoms with Crippen molar-refractivity contribution in [2.24, 2.45) is 0 Å². The van der Waals surface area contributed by atoms with E-state index in [-0.39, 0.29) is 13.0 Å². The lowest BCUT2D eigenvalue weighted by Crippen LogP contribution is -2.50. The zero-order valence-electron chi connectivity index (χ0n) is 16.2. The molecule has 0 bridgehead atoms. The van der Waals surface area contributed by atoms with Crippen LogP contribution in [0.25, 0.3) is 0 Å². The second-order valence-corrected chi connectivity index (χ2v) is 8.32. The summed E-state index contributed by atoms with van der Waals surface area (Å²) in [7, 11) is 0. The monoisotopic (exact) mass is 529 g/mol. The Morgan fingerprint density at radius 2 is 1.59 bits per heavy atom. The summed E-state index contributed by atoms with van der Waals surface area (Å²) in [6, 6.07) is 6.25. The number of amides is 3. The number of halogens is 4. The van der Waals surface area contributed by atoms with Crippen LogP contribution in [-0.2, 0) is 20.7 Å². The minimum absolute atomic E-state index is 0.150. The third-order valence-corrected chi connectivity index (χ3v) is 4.05. The molecule has 162 valence electrons. The van der Waals surface area contributed by atoms with Crippen molar-refractivity contribution in [1.82, 2.24) is 16.0 Å². The number of alkyl carbamates (subject to hydrolysis) is 1. The fourth-order valence-electron chi connectivity index (χ4n) is 2.10. The highest BCUT2D eigenvalue weighted by Crippen LogP contribution is 2.14. The quantitative estimate of drug-likeness (QED) is 0.374. The van der Waals surface area contributed by atoms with Gasteiger partial charge < -0.3 is 20.7 Å². The van der Waals surface area contributed by atoms with Gasteiger partial charge in [0.15, 0.2) is 0 Å². The van der Waals surface area contributed by atoms with E-state index in [1.54, 1.807) is 38.2 Å². The van der Waals surface area contributed by atoms with Crippen LogP contribution < -0.4 is 16.0 Å². The summed E-state index contributed by atoms with van der Waals surface area (Å²) < 4.78 is 42.6. The second kappa shape index (κ2) is 10.6. The van der Waals surface area contributed by atoms with Gasteiger partial charge in [-0.1, -0.05) is 12.1 Å². The number of carbonyl (C=O) groups excluding carboxylic acids is 3. The molecule has 1 atom stereocenters. The van der Waals surface area contributed by atoms with Gasteiger partial charge in [-0.25, -0.2) is 4.79 Å². The Morgan fingerprint density at radius 3 is 2.10 bits per heavy atom. The summed E-state index contributed by atoms with van der Waals surface area (Å²) in [6.45, 7) is 4.37. The number of carbonyl (C=O) groups is 3. The first-order chi connectivity index (χ1) is 13.3. The van der Waals surface area contributed by atoms with Crippen LogP contribution in [0.5, 0.6) is 0 Å². The van der Waals surface area contributed by atoms with Gasteiger partial charge in [-0.15, -0.1) is 0 Å². The number of hydrogen-bond acceptors (Lipinski definition) is 4. The summed E-state index contributed by atoms with van der Waals surface area (Å²) in [4.78, 5) is 35.3. The molecule has 0 unspecified atom stereocenters. The Bertz CT molecular complexity index is 719. The summed E-state index contributed by atoms with van der Waals surface area (Å²) in [5, 5.41) is 6.52. The van der Waals surface area contributed by atoms with Gasteiger partial charge in [0, 0.05) is 23.1 Å². The molecule has 11 heteroatoms. The SMILES string of the molecule is CC(C)(C)OC(=O)N[C@@H](Cc1ccc(I)cc1)C(=O)NCCNC(=O)C(F)(F)F. The number of benzene rings is 1. The van der Waals surface area contributed by atoms with Crippen molar-refractivity contribution >= 4 is 40.5 Å². The molecule has 1 aromatic rings. The zero-order chi connectivity index (χ0) is 22.2. The normalized spacial score (nSPS) is 12.7. The Balaban J connectivity index is 2.70. The number of hydrogen-bond donors (Lipinski definition) is 3. The first kappa shape index (κ1) is 25.0. The molecular weight excluding hydrogens is 506 g/mol. The molecule has 0 fully saturated rings. The summed E-state index contributed by atoms with van der Waals surface area (Å²) in [6.07, 6.45) is -5.64. The van der Waals surface area contributed by atoms with Crippen LogP contribution in [0.4, 0.5) is 18.0 Å². The predicted molar refractivity (Wildman–Crippen MR) is 108 cm³/mol. The average molecular weight is 529 g/mol. The van der Waals surface area contributed by atoms with Crippen molar-refractivity contribution < 1.29 is 32.3 Å². The molecule has 0 aliphatic rings. The molecule has 3 N–H and O–H groups in total. The van der Waals surface area contributed by atoms with Gasteiger partial charge in [-0.2, -0.15) is 13.2 Å². The third kappa shape index (κ3) is 10.3. The van der Waals surface area contributed by atoms with Crippen molar-refractivity contribution in [3.8, 4) is 0 Å². The summed E-state index contributed by atoms with van der Waals surface area (Å²) in [5.74, 6) is -2.70. The van der Waals surface area contributed by atoms with Crippen molar-refractivity contribution in [3.63, 3.8) is 0 Å². The minimum Gasteiger partial charge on any atom is -0.444 e. The second-order valence-electron chi connectivity index (χ2n) is 7.07. The van der Waals surface area contributed by atoms with Gasteiger partial charge >= 0.3 is 18.2 Å². The summed E-state index contributed by atoms with van der Waals surface area (Å²) >= 11 is 2.13. The molecule has 0 saturated heterocycles. The van der Waals surface area contributed by atoms with Gasteiger partial charge in [-0.05, 0) is 61.1 Å². The highest BCUT2D eigenvalue weighted by Gasteiger charge is 2.38. The Kier molecular flexibility index (Phi) is 9.17. The van der Waals surface area contributed by atoms with Crippen LogP contribution in [0.3, 0.4) is 0 Å². The van der Waals surface area contributed by atoms with Gasteiger partial charge in [-0.3, -0.25) is 9.59 Å². The van der Waals surface area contributed by atoms with Gasteiger partial charge in [0.2, 0.25) is 5.91 Å². The lowest BCUT2D eigenvalue weighted by Gasteiger charge is -2.23. The number of rotatable bonds is 7. The first-order valence-electron chi connectivity index (χ1n) is 8.64. The van der Waals surface area contributed by atoms with E-state index in [1.807, 2.05) is 12.1 Å². The van der Waals surface area contributed by atoms with E-state index in [1.165, 1.54) is 0 Å². The van der Waals surface area contributed by atoms with Crippen molar-refractivity contribution in [2.75, 3.05) is 13.1 Å². The molecule has 0 aliphatic carbocycles. The largest absolute Gasteiger partial charge is 0.471 e. The van der Waals surface area contributed by atoms with Gasteiger partial charge in [0.1, 0.15) is 11.6 Å². The maximum Gasteiger partial charge on any atom is 0.471 e. The third-order valence-electron chi connectivity index (χ3n) is 3.33. The van der Waals surface area contributed by atoms with Crippen molar-refractivity contribution in [3.05, 3.63) is 33.4 Å². The van der Waals surface area contributed by atoms with Crippen LogP contribution in [-0.4, -0.2) is 48.8 Å². The molecule has 0 saturated carbocycles. The maximum absolute atomic E-state index is 12.4. The smallest absolute Gasteiger partial charge is 0.444 e. The summed E-state index contributed by atoms with van der Waals surface area (Å²) in [5.41, 5.74) is 0.00236. The predicted octanol–water partition coefficient (Wildman–Crippen LogP) is 2.52. The van der Waals surface area contributed by atoms with Crippen LogP contribution in [0.1, 0.15) is 26.3 Å². The molecule has 0 aliphatic heterocycles. The molecule has 0 heterocycles. The molecule has 0 radical (unpaired) electrons. The van der Waals surface area contributed by atoms with E-state index in [2.05, 4.69) is 33.2 Å². The van der Waals surface area contributed by atoms with E-state index in [9.17, 15) is 27.6 Å². The number of nitrogens with one attached hydrogen (secondary N) is 3. The molecule has 0 aromatic heterocycles. The zero-order valence-corrected chi connectivity index (χ0v) is 18.3.